The lowest BCUT2D eigenvalue weighted by molar-refractivity contribution is 0.138. The van der Waals surface area contributed by atoms with Crippen LogP contribution in [0.5, 0.6) is 0 Å². The van der Waals surface area contributed by atoms with Crippen molar-refractivity contribution in [2.75, 3.05) is 46.3 Å². The average Bonchev–Trinajstić information content (AvgIpc) is 2.83. The Morgan fingerprint density at radius 2 is 2.05 bits per heavy atom. The predicted molar refractivity (Wildman–Crippen MR) is 89.3 cm³/mol. The van der Waals surface area contributed by atoms with Gasteiger partial charge in [-0.15, -0.1) is 0 Å². The largest absolute Gasteiger partial charge is 0.316 e. The van der Waals surface area contributed by atoms with Gasteiger partial charge in [0.05, 0.1) is 0 Å². The van der Waals surface area contributed by atoms with Crippen molar-refractivity contribution < 1.29 is 0 Å². The van der Waals surface area contributed by atoms with Crippen LogP contribution in [0.2, 0.25) is 0 Å². The molecule has 1 aliphatic heterocycles. The Labute approximate surface area is 127 Å². The standard InChI is InChI=1S/C17H37N3/c1-6-11-17(4,14-18-7-2)15-19(5)13-16-10-9-12-20(16)8-3/h16,18H,6-15H2,1-5H3. The van der Waals surface area contributed by atoms with Crippen molar-refractivity contribution in [3.63, 3.8) is 0 Å². The number of nitrogens with zero attached hydrogens (tertiary/aromatic N) is 2. The summed E-state index contributed by atoms with van der Waals surface area (Å²) < 4.78 is 0. The van der Waals surface area contributed by atoms with Gasteiger partial charge in [-0.25, -0.2) is 0 Å². The normalized spacial score (nSPS) is 23.4. The molecule has 3 heteroatoms. The minimum absolute atomic E-state index is 0.412. The molecule has 0 aromatic heterocycles. The number of likely N-dealkylation sites (N-methyl/N-ethyl adjacent to an activating group) is 2. The SMILES string of the molecule is CCCC(C)(CNCC)CN(C)CC1CCCN1CC. The summed E-state index contributed by atoms with van der Waals surface area (Å²) in [5, 5.41) is 3.56. The van der Waals surface area contributed by atoms with E-state index in [0.29, 0.717) is 5.41 Å². The summed E-state index contributed by atoms with van der Waals surface area (Å²) in [5.74, 6) is 0. The first-order valence-corrected chi connectivity index (χ1v) is 8.68. The number of rotatable bonds is 10. The lowest BCUT2D eigenvalue weighted by Crippen LogP contribution is -2.45. The van der Waals surface area contributed by atoms with Gasteiger partial charge < -0.3 is 10.2 Å². The maximum Gasteiger partial charge on any atom is 0.0223 e. The van der Waals surface area contributed by atoms with Gasteiger partial charge in [-0.2, -0.15) is 0 Å². The molecule has 0 amide bonds. The van der Waals surface area contributed by atoms with Crippen LogP contribution in [0.3, 0.4) is 0 Å². The van der Waals surface area contributed by atoms with Crippen molar-refractivity contribution in [1.29, 1.82) is 0 Å². The molecule has 120 valence electrons. The molecule has 20 heavy (non-hydrogen) atoms. The summed E-state index contributed by atoms with van der Waals surface area (Å²) in [7, 11) is 2.31. The molecule has 1 heterocycles. The molecular formula is C17H37N3. The van der Waals surface area contributed by atoms with E-state index in [-0.39, 0.29) is 0 Å². The molecule has 0 spiro atoms. The Hall–Kier alpha value is -0.120. The van der Waals surface area contributed by atoms with Gasteiger partial charge in [0.15, 0.2) is 0 Å². The van der Waals surface area contributed by atoms with Crippen LogP contribution in [0.25, 0.3) is 0 Å². The maximum absolute atomic E-state index is 3.56. The average molecular weight is 284 g/mol. The molecule has 0 radical (unpaired) electrons. The predicted octanol–water partition coefficient (Wildman–Crippen LogP) is 2.82. The Morgan fingerprint density at radius 1 is 1.30 bits per heavy atom. The highest BCUT2D eigenvalue weighted by Gasteiger charge is 2.28. The molecule has 1 fully saturated rings. The second-order valence-electron chi connectivity index (χ2n) is 6.96. The van der Waals surface area contributed by atoms with Crippen LogP contribution >= 0.6 is 0 Å². The highest BCUT2D eigenvalue weighted by Crippen LogP contribution is 2.25. The van der Waals surface area contributed by atoms with Crippen molar-refractivity contribution in [1.82, 2.24) is 15.1 Å². The van der Waals surface area contributed by atoms with E-state index < -0.39 is 0 Å². The first kappa shape index (κ1) is 17.9. The van der Waals surface area contributed by atoms with Crippen LogP contribution in [0, 0.1) is 5.41 Å². The van der Waals surface area contributed by atoms with E-state index in [1.54, 1.807) is 0 Å². The van der Waals surface area contributed by atoms with Crippen molar-refractivity contribution >= 4 is 0 Å². The van der Waals surface area contributed by atoms with Gasteiger partial charge in [-0.1, -0.05) is 34.1 Å². The van der Waals surface area contributed by atoms with Gasteiger partial charge in [0.25, 0.3) is 0 Å². The number of hydrogen-bond acceptors (Lipinski definition) is 3. The van der Waals surface area contributed by atoms with Crippen LogP contribution in [0.15, 0.2) is 0 Å². The quantitative estimate of drug-likeness (QED) is 0.665. The molecule has 1 aliphatic rings. The Kier molecular flexibility index (Phi) is 8.08. The molecule has 0 aliphatic carbocycles. The van der Waals surface area contributed by atoms with E-state index in [1.807, 2.05) is 0 Å². The first-order valence-electron chi connectivity index (χ1n) is 8.68. The first-order chi connectivity index (χ1) is 9.54. The number of nitrogens with one attached hydrogen (secondary N) is 1. The molecule has 0 bridgehead atoms. The minimum atomic E-state index is 0.412. The summed E-state index contributed by atoms with van der Waals surface area (Å²) in [6, 6.07) is 0.787. The van der Waals surface area contributed by atoms with Gasteiger partial charge in [0, 0.05) is 25.7 Å². The summed E-state index contributed by atoms with van der Waals surface area (Å²) in [6.07, 6.45) is 5.36. The second kappa shape index (κ2) is 9.01. The van der Waals surface area contributed by atoms with E-state index in [4.69, 9.17) is 0 Å². The lowest BCUT2D eigenvalue weighted by atomic mass is 9.84. The van der Waals surface area contributed by atoms with E-state index in [0.717, 1.165) is 19.1 Å². The zero-order chi connectivity index (χ0) is 15.0. The Morgan fingerprint density at radius 3 is 2.65 bits per heavy atom. The van der Waals surface area contributed by atoms with Crippen LogP contribution in [-0.2, 0) is 0 Å². The minimum Gasteiger partial charge on any atom is -0.316 e. The van der Waals surface area contributed by atoms with Crippen LogP contribution < -0.4 is 5.32 Å². The number of likely N-dealkylation sites (tertiary alicyclic amines) is 1. The monoisotopic (exact) mass is 283 g/mol. The molecule has 0 aromatic carbocycles. The Bertz CT molecular complexity index is 257. The molecule has 0 saturated carbocycles. The molecule has 2 unspecified atom stereocenters. The summed E-state index contributed by atoms with van der Waals surface area (Å²) in [4.78, 5) is 5.23. The van der Waals surface area contributed by atoms with Gasteiger partial charge in [0.1, 0.15) is 0 Å². The van der Waals surface area contributed by atoms with Gasteiger partial charge in [-0.05, 0) is 51.4 Å². The fourth-order valence-electron chi connectivity index (χ4n) is 3.85. The fraction of sp³-hybridized carbons (Fsp3) is 1.00. The van der Waals surface area contributed by atoms with Gasteiger partial charge >= 0.3 is 0 Å². The topological polar surface area (TPSA) is 18.5 Å². The van der Waals surface area contributed by atoms with Crippen molar-refractivity contribution in [2.45, 2.75) is 59.4 Å². The van der Waals surface area contributed by atoms with E-state index >= 15 is 0 Å². The van der Waals surface area contributed by atoms with Crippen molar-refractivity contribution in [3.8, 4) is 0 Å². The van der Waals surface area contributed by atoms with Crippen LogP contribution in [0.4, 0.5) is 0 Å². The summed E-state index contributed by atoms with van der Waals surface area (Å²) in [5.41, 5.74) is 0.412. The smallest absolute Gasteiger partial charge is 0.0223 e. The van der Waals surface area contributed by atoms with Gasteiger partial charge in [0.2, 0.25) is 0 Å². The third-order valence-corrected chi connectivity index (χ3v) is 4.73. The third-order valence-electron chi connectivity index (χ3n) is 4.73. The highest BCUT2D eigenvalue weighted by molar-refractivity contribution is 4.84. The molecule has 1 rings (SSSR count). The van der Waals surface area contributed by atoms with Crippen molar-refractivity contribution in [2.24, 2.45) is 5.41 Å². The molecule has 1 N–H and O–H groups in total. The molecule has 3 nitrogen and oxygen atoms in total. The van der Waals surface area contributed by atoms with E-state index in [2.05, 4.69) is 49.9 Å². The van der Waals surface area contributed by atoms with E-state index in [1.165, 1.54) is 51.9 Å². The maximum atomic E-state index is 3.56. The number of hydrogen-bond donors (Lipinski definition) is 1. The van der Waals surface area contributed by atoms with Gasteiger partial charge in [-0.3, -0.25) is 4.90 Å². The molecule has 1 saturated heterocycles. The molecule has 0 aromatic rings. The summed E-state index contributed by atoms with van der Waals surface area (Å²) in [6.45, 7) is 16.4. The third kappa shape index (κ3) is 5.71. The molecule has 2 atom stereocenters. The zero-order valence-corrected chi connectivity index (χ0v) is 14.5. The van der Waals surface area contributed by atoms with Crippen LogP contribution in [-0.4, -0.2) is 62.2 Å². The highest BCUT2D eigenvalue weighted by atomic mass is 15.2. The lowest BCUT2D eigenvalue weighted by Gasteiger charge is -2.36. The fourth-order valence-corrected chi connectivity index (χ4v) is 3.85. The van der Waals surface area contributed by atoms with Crippen molar-refractivity contribution in [3.05, 3.63) is 0 Å². The van der Waals surface area contributed by atoms with E-state index in [9.17, 15) is 0 Å². The van der Waals surface area contributed by atoms with Crippen LogP contribution in [0.1, 0.15) is 53.4 Å². The second-order valence-corrected chi connectivity index (χ2v) is 6.96. The molecular weight excluding hydrogens is 246 g/mol. The zero-order valence-electron chi connectivity index (χ0n) is 14.5. The Balaban J connectivity index is 2.46. The summed E-state index contributed by atoms with van der Waals surface area (Å²) >= 11 is 0.